The van der Waals surface area contributed by atoms with Crippen molar-refractivity contribution in [3.05, 3.63) is 34.2 Å². The number of carbonyl (C=O) groups is 1. The van der Waals surface area contributed by atoms with Crippen molar-refractivity contribution in [1.29, 1.82) is 0 Å². The maximum absolute atomic E-state index is 13.7. The average Bonchev–Trinajstić information content (AvgIpc) is 2.84. The number of halogens is 2. The average molecular weight is 355 g/mol. The molecule has 3 rings (SSSR count). The molecule has 1 heterocycles. The van der Waals surface area contributed by atoms with Crippen molar-refractivity contribution in [3.63, 3.8) is 0 Å². The van der Waals surface area contributed by atoms with Gasteiger partial charge in [0.1, 0.15) is 17.3 Å². The molecular formula is C14H12BrFN2O3. The lowest BCUT2D eigenvalue weighted by Gasteiger charge is -2.28. The molecular weight excluding hydrogens is 343 g/mol. The molecule has 1 aliphatic rings. The van der Waals surface area contributed by atoms with Gasteiger partial charge in [0.25, 0.3) is 0 Å². The standard InChI is InChI=1S/C14H12BrFN2O3/c15-10-5-7(16)4-9(13(10)21-8-2-1-3-8)11-6-12(14(19)20)18-17-11/h4-6,8H,1-3H2,(H,17,18)(H,19,20). The minimum atomic E-state index is -1.12. The van der Waals surface area contributed by atoms with Crippen LogP contribution in [0.1, 0.15) is 29.8 Å². The molecule has 0 amide bonds. The van der Waals surface area contributed by atoms with Gasteiger partial charge in [-0.25, -0.2) is 9.18 Å². The van der Waals surface area contributed by atoms with Crippen LogP contribution in [0.3, 0.4) is 0 Å². The topological polar surface area (TPSA) is 75.2 Å². The number of hydrogen-bond acceptors (Lipinski definition) is 3. The molecule has 0 unspecified atom stereocenters. The lowest BCUT2D eigenvalue weighted by molar-refractivity contribution is 0.0690. The summed E-state index contributed by atoms with van der Waals surface area (Å²) < 4.78 is 20.0. The van der Waals surface area contributed by atoms with Crippen LogP contribution in [0.5, 0.6) is 5.75 Å². The van der Waals surface area contributed by atoms with E-state index in [0.29, 0.717) is 21.5 Å². The van der Waals surface area contributed by atoms with Gasteiger partial charge in [-0.05, 0) is 53.4 Å². The van der Waals surface area contributed by atoms with Gasteiger partial charge in [0, 0.05) is 5.56 Å². The minimum Gasteiger partial charge on any atom is -0.489 e. The Bertz CT molecular complexity index is 698. The van der Waals surface area contributed by atoms with Crippen molar-refractivity contribution in [2.75, 3.05) is 0 Å². The molecule has 0 radical (unpaired) electrons. The Balaban J connectivity index is 2.03. The Kier molecular flexibility index (Phi) is 3.67. The van der Waals surface area contributed by atoms with Crippen LogP contribution in [0.2, 0.25) is 0 Å². The fraction of sp³-hybridized carbons (Fsp3) is 0.286. The summed E-state index contributed by atoms with van der Waals surface area (Å²) in [6.07, 6.45) is 3.15. The van der Waals surface area contributed by atoms with Crippen molar-refractivity contribution in [1.82, 2.24) is 10.2 Å². The third-order valence-corrected chi connectivity index (χ3v) is 4.02. The van der Waals surface area contributed by atoms with Crippen molar-refractivity contribution >= 4 is 21.9 Å². The van der Waals surface area contributed by atoms with Gasteiger partial charge in [-0.15, -0.1) is 0 Å². The first-order valence-electron chi connectivity index (χ1n) is 6.49. The second-order valence-corrected chi connectivity index (χ2v) is 5.76. The first-order chi connectivity index (χ1) is 10.0. The van der Waals surface area contributed by atoms with E-state index in [1.54, 1.807) is 0 Å². The highest BCUT2D eigenvalue weighted by Crippen LogP contribution is 2.39. The normalized spacial score (nSPS) is 14.8. The Hall–Kier alpha value is -1.89. The Labute approximate surface area is 128 Å². The number of H-pyrrole nitrogens is 1. The first kappa shape index (κ1) is 14.1. The molecule has 1 aliphatic carbocycles. The zero-order valence-corrected chi connectivity index (χ0v) is 12.5. The van der Waals surface area contributed by atoms with Crippen LogP contribution in [0.25, 0.3) is 11.3 Å². The van der Waals surface area contributed by atoms with Gasteiger partial charge in [0.2, 0.25) is 0 Å². The van der Waals surface area contributed by atoms with E-state index >= 15 is 0 Å². The van der Waals surface area contributed by atoms with Crippen LogP contribution in [0, 0.1) is 5.82 Å². The molecule has 0 atom stereocenters. The van der Waals surface area contributed by atoms with E-state index in [9.17, 15) is 9.18 Å². The van der Waals surface area contributed by atoms with E-state index in [1.165, 1.54) is 18.2 Å². The Morgan fingerprint density at radius 1 is 1.43 bits per heavy atom. The van der Waals surface area contributed by atoms with Gasteiger partial charge in [-0.3, -0.25) is 5.10 Å². The summed E-state index contributed by atoms with van der Waals surface area (Å²) >= 11 is 3.29. The van der Waals surface area contributed by atoms with Crippen LogP contribution < -0.4 is 4.74 Å². The number of ether oxygens (including phenoxy) is 1. The molecule has 2 N–H and O–H groups in total. The van der Waals surface area contributed by atoms with Gasteiger partial charge in [0.05, 0.1) is 16.3 Å². The van der Waals surface area contributed by atoms with Crippen molar-refractivity contribution < 1.29 is 19.0 Å². The number of aromatic nitrogens is 2. The van der Waals surface area contributed by atoms with Gasteiger partial charge >= 0.3 is 5.97 Å². The lowest BCUT2D eigenvalue weighted by Crippen LogP contribution is -2.25. The molecule has 2 aromatic rings. The molecule has 0 spiro atoms. The third kappa shape index (κ3) is 2.78. The van der Waals surface area contributed by atoms with E-state index in [0.717, 1.165) is 19.3 Å². The number of carboxylic acid groups (broad SMARTS) is 1. The molecule has 21 heavy (non-hydrogen) atoms. The molecule has 7 heteroatoms. The summed E-state index contributed by atoms with van der Waals surface area (Å²) in [6.45, 7) is 0. The maximum Gasteiger partial charge on any atom is 0.353 e. The molecule has 1 fully saturated rings. The highest BCUT2D eigenvalue weighted by Gasteiger charge is 2.24. The number of hydrogen-bond donors (Lipinski definition) is 2. The number of nitrogens with zero attached hydrogens (tertiary/aromatic N) is 1. The Morgan fingerprint density at radius 2 is 2.19 bits per heavy atom. The van der Waals surface area contributed by atoms with Crippen LogP contribution in [-0.4, -0.2) is 27.4 Å². The van der Waals surface area contributed by atoms with Crippen molar-refractivity contribution in [2.24, 2.45) is 0 Å². The molecule has 5 nitrogen and oxygen atoms in total. The van der Waals surface area contributed by atoms with Crippen LogP contribution in [0.4, 0.5) is 4.39 Å². The van der Waals surface area contributed by atoms with E-state index < -0.39 is 11.8 Å². The number of carboxylic acids is 1. The van der Waals surface area contributed by atoms with Crippen LogP contribution in [-0.2, 0) is 0 Å². The fourth-order valence-corrected chi connectivity index (χ4v) is 2.62. The SMILES string of the molecule is O=C(O)c1cc(-c2cc(F)cc(Br)c2OC2CCC2)n[nH]1. The van der Waals surface area contributed by atoms with Gasteiger partial charge < -0.3 is 9.84 Å². The fourth-order valence-electron chi connectivity index (χ4n) is 2.09. The van der Waals surface area contributed by atoms with Gasteiger partial charge in [-0.1, -0.05) is 0 Å². The summed E-state index contributed by atoms with van der Waals surface area (Å²) in [6, 6.07) is 3.97. The maximum atomic E-state index is 13.7. The van der Waals surface area contributed by atoms with E-state index in [4.69, 9.17) is 9.84 Å². The number of nitrogens with one attached hydrogen (secondary N) is 1. The van der Waals surface area contributed by atoms with Gasteiger partial charge in [0.15, 0.2) is 0 Å². The monoisotopic (exact) mass is 354 g/mol. The largest absolute Gasteiger partial charge is 0.489 e. The molecule has 1 saturated carbocycles. The minimum absolute atomic E-state index is 0.0556. The summed E-state index contributed by atoms with van der Waals surface area (Å²) in [4.78, 5) is 10.9. The summed E-state index contributed by atoms with van der Waals surface area (Å²) in [7, 11) is 0. The second kappa shape index (κ2) is 5.48. The molecule has 1 aromatic carbocycles. The summed E-state index contributed by atoms with van der Waals surface area (Å²) in [5.41, 5.74) is 0.708. The highest BCUT2D eigenvalue weighted by atomic mass is 79.9. The van der Waals surface area contributed by atoms with E-state index in [2.05, 4.69) is 26.1 Å². The molecule has 0 aliphatic heterocycles. The van der Waals surface area contributed by atoms with Crippen LogP contribution >= 0.6 is 15.9 Å². The third-order valence-electron chi connectivity index (χ3n) is 3.43. The lowest BCUT2D eigenvalue weighted by atomic mass is 9.96. The molecule has 0 bridgehead atoms. The predicted octanol–water partition coefficient (Wildman–Crippen LogP) is 3.61. The highest BCUT2D eigenvalue weighted by molar-refractivity contribution is 9.10. The molecule has 0 saturated heterocycles. The smallest absolute Gasteiger partial charge is 0.353 e. The van der Waals surface area contributed by atoms with Crippen LogP contribution in [0.15, 0.2) is 22.7 Å². The van der Waals surface area contributed by atoms with E-state index in [-0.39, 0.29) is 11.8 Å². The second-order valence-electron chi connectivity index (χ2n) is 4.91. The molecule has 110 valence electrons. The molecule has 1 aromatic heterocycles. The van der Waals surface area contributed by atoms with E-state index in [1.807, 2.05) is 0 Å². The zero-order chi connectivity index (χ0) is 15.0. The predicted molar refractivity (Wildman–Crippen MR) is 76.9 cm³/mol. The summed E-state index contributed by atoms with van der Waals surface area (Å²) in [5, 5.41) is 15.3. The Morgan fingerprint density at radius 3 is 2.76 bits per heavy atom. The quantitative estimate of drug-likeness (QED) is 0.879. The zero-order valence-electron chi connectivity index (χ0n) is 10.9. The number of rotatable bonds is 4. The number of benzene rings is 1. The summed E-state index contributed by atoms with van der Waals surface area (Å²) in [5.74, 6) is -1.08. The number of aromatic amines is 1. The number of aromatic carboxylic acids is 1. The first-order valence-corrected chi connectivity index (χ1v) is 7.28. The van der Waals surface area contributed by atoms with Crippen molar-refractivity contribution in [2.45, 2.75) is 25.4 Å². The van der Waals surface area contributed by atoms with Crippen molar-refractivity contribution in [3.8, 4) is 17.0 Å². The van der Waals surface area contributed by atoms with Gasteiger partial charge in [-0.2, -0.15) is 5.10 Å².